The summed E-state index contributed by atoms with van der Waals surface area (Å²) in [5, 5.41) is 5.78. The maximum absolute atomic E-state index is 12.8. The van der Waals surface area contributed by atoms with Gasteiger partial charge >= 0.3 is 0 Å². The topological polar surface area (TPSA) is 114 Å². The van der Waals surface area contributed by atoms with Crippen molar-refractivity contribution in [3.63, 3.8) is 0 Å². The number of imide groups is 1. The van der Waals surface area contributed by atoms with Gasteiger partial charge in [-0.25, -0.2) is 0 Å². The lowest BCUT2D eigenvalue weighted by molar-refractivity contribution is -0.136. The number of rotatable bonds is 5. The van der Waals surface area contributed by atoms with Crippen LogP contribution in [0.15, 0.2) is 18.2 Å². The van der Waals surface area contributed by atoms with Crippen molar-refractivity contribution in [2.45, 2.75) is 38.0 Å². The fourth-order valence-corrected chi connectivity index (χ4v) is 4.02. The minimum atomic E-state index is -0.579. The summed E-state index contributed by atoms with van der Waals surface area (Å²) in [5.74, 6) is -0.502. The van der Waals surface area contributed by atoms with Crippen LogP contribution in [0.25, 0.3) is 0 Å². The van der Waals surface area contributed by atoms with E-state index in [1.165, 1.54) is 0 Å². The first-order valence-electron chi connectivity index (χ1n) is 9.34. The second kappa shape index (κ2) is 7.38. The second-order valence-electron chi connectivity index (χ2n) is 7.41. The zero-order valence-electron chi connectivity index (χ0n) is 15.1. The number of nitrogens with two attached hydrogens (primary N) is 1. The first-order valence-corrected chi connectivity index (χ1v) is 9.34. The number of amides is 3. The Bertz CT molecular complexity index is 781. The van der Waals surface area contributed by atoms with E-state index in [-0.39, 0.29) is 30.2 Å². The van der Waals surface area contributed by atoms with Crippen LogP contribution in [-0.2, 0) is 27.4 Å². The highest BCUT2D eigenvalue weighted by Crippen LogP contribution is 2.28. The molecule has 144 valence electrons. The highest BCUT2D eigenvalue weighted by molar-refractivity contribution is 6.05. The Morgan fingerprint density at radius 2 is 2.11 bits per heavy atom. The Morgan fingerprint density at radius 1 is 1.26 bits per heavy atom. The van der Waals surface area contributed by atoms with Gasteiger partial charge in [0, 0.05) is 37.0 Å². The molecule has 4 rings (SSSR count). The third kappa shape index (κ3) is 3.47. The van der Waals surface area contributed by atoms with Crippen molar-refractivity contribution in [1.29, 1.82) is 0 Å². The van der Waals surface area contributed by atoms with Crippen molar-refractivity contribution >= 4 is 17.7 Å². The molecule has 8 heteroatoms. The van der Waals surface area contributed by atoms with Gasteiger partial charge in [-0.05, 0) is 30.2 Å². The number of carbonyl (C=O) groups excluding carboxylic acids is 3. The van der Waals surface area contributed by atoms with E-state index in [2.05, 4.69) is 10.6 Å². The summed E-state index contributed by atoms with van der Waals surface area (Å²) in [6, 6.07) is 5.48. The minimum absolute atomic E-state index is 0.148. The molecule has 0 aliphatic carbocycles. The Kier molecular flexibility index (Phi) is 4.94. The first kappa shape index (κ1) is 18.1. The van der Waals surface area contributed by atoms with Crippen LogP contribution in [0, 0.1) is 5.92 Å². The van der Waals surface area contributed by atoms with Crippen LogP contribution in [0.3, 0.4) is 0 Å². The van der Waals surface area contributed by atoms with Gasteiger partial charge in [0.15, 0.2) is 0 Å². The van der Waals surface area contributed by atoms with Crippen LogP contribution in [0.4, 0.5) is 0 Å². The molecule has 27 heavy (non-hydrogen) atoms. The Morgan fingerprint density at radius 3 is 2.89 bits per heavy atom. The number of benzene rings is 1. The lowest BCUT2D eigenvalue weighted by Crippen LogP contribution is -2.52. The molecule has 0 saturated carbocycles. The maximum Gasteiger partial charge on any atom is 0.255 e. The zero-order chi connectivity index (χ0) is 19.0. The Hall–Kier alpha value is -2.29. The average molecular weight is 372 g/mol. The van der Waals surface area contributed by atoms with E-state index in [9.17, 15) is 14.4 Å². The predicted octanol–water partition coefficient (Wildman–Crippen LogP) is -0.489. The molecule has 3 atom stereocenters. The van der Waals surface area contributed by atoms with Crippen molar-refractivity contribution < 1.29 is 19.1 Å². The van der Waals surface area contributed by atoms with Gasteiger partial charge in [-0.2, -0.15) is 0 Å². The summed E-state index contributed by atoms with van der Waals surface area (Å²) in [6.45, 7) is 2.94. The third-order valence-corrected chi connectivity index (χ3v) is 5.66. The Labute approximate surface area is 157 Å². The summed E-state index contributed by atoms with van der Waals surface area (Å²) in [7, 11) is 0. The molecular formula is C19H24N4O4. The molecule has 3 amide bonds. The quantitative estimate of drug-likeness (QED) is 0.601. The molecule has 0 spiro atoms. The van der Waals surface area contributed by atoms with Crippen LogP contribution in [-0.4, -0.2) is 54.5 Å². The number of fused-ring (bicyclic) bond motifs is 1. The SMILES string of the molecule is NC[C@@H]1COC[C@H]1NCc1ccc2c(c1)C(=O)N(C1CCC(=O)NC1=O)C2. The van der Waals surface area contributed by atoms with Crippen LogP contribution in [0.2, 0.25) is 0 Å². The van der Waals surface area contributed by atoms with E-state index in [0.717, 1.165) is 11.1 Å². The van der Waals surface area contributed by atoms with Crippen LogP contribution < -0.4 is 16.4 Å². The maximum atomic E-state index is 12.8. The van der Waals surface area contributed by atoms with Gasteiger partial charge in [-0.15, -0.1) is 0 Å². The second-order valence-corrected chi connectivity index (χ2v) is 7.41. The van der Waals surface area contributed by atoms with E-state index < -0.39 is 6.04 Å². The lowest BCUT2D eigenvalue weighted by atomic mass is 10.0. The zero-order valence-corrected chi connectivity index (χ0v) is 15.1. The molecule has 1 aromatic carbocycles. The largest absolute Gasteiger partial charge is 0.379 e. The average Bonchev–Trinajstić information content (AvgIpc) is 3.24. The number of piperidine rings is 1. The predicted molar refractivity (Wildman–Crippen MR) is 96.5 cm³/mol. The smallest absolute Gasteiger partial charge is 0.255 e. The molecule has 2 saturated heterocycles. The summed E-state index contributed by atoms with van der Waals surface area (Å²) < 4.78 is 5.47. The van der Waals surface area contributed by atoms with E-state index in [0.29, 0.717) is 50.8 Å². The lowest BCUT2D eigenvalue weighted by Gasteiger charge is -2.29. The van der Waals surface area contributed by atoms with Gasteiger partial charge in [0.1, 0.15) is 6.04 Å². The number of ether oxygens (including phenoxy) is 1. The van der Waals surface area contributed by atoms with Crippen molar-refractivity contribution in [3.05, 3.63) is 34.9 Å². The number of nitrogens with zero attached hydrogens (tertiary/aromatic N) is 1. The highest BCUT2D eigenvalue weighted by Gasteiger charge is 2.39. The van der Waals surface area contributed by atoms with Gasteiger partial charge in [0.25, 0.3) is 5.91 Å². The fourth-order valence-electron chi connectivity index (χ4n) is 4.02. The summed E-state index contributed by atoms with van der Waals surface area (Å²) in [6.07, 6.45) is 0.637. The van der Waals surface area contributed by atoms with Gasteiger partial charge in [0.05, 0.1) is 13.2 Å². The molecule has 3 heterocycles. The number of carbonyl (C=O) groups is 3. The molecule has 0 aromatic heterocycles. The van der Waals surface area contributed by atoms with E-state index in [1.807, 2.05) is 18.2 Å². The van der Waals surface area contributed by atoms with Gasteiger partial charge in [0.2, 0.25) is 11.8 Å². The van der Waals surface area contributed by atoms with Crippen molar-refractivity contribution in [2.24, 2.45) is 11.7 Å². The van der Waals surface area contributed by atoms with Crippen molar-refractivity contribution in [1.82, 2.24) is 15.5 Å². The van der Waals surface area contributed by atoms with Gasteiger partial charge in [-0.1, -0.05) is 12.1 Å². The minimum Gasteiger partial charge on any atom is -0.379 e. The number of hydrogen-bond donors (Lipinski definition) is 3. The number of nitrogens with one attached hydrogen (secondary N) is 2. The molecule has 1 aromatic rings. The van der Waals surface area contributed by atoms with Gasteiger partial charge < -0.3 is 20.7 Å². The standard InChI is InChI=1S/C19H24N4O4/c20-6-13-9-27-10-15(13)21-7-11-1-2-12-8-23(19(26)14(12)5-11)16-3-4-17(24)22-18(16)25/h1-2,5,13,15-16,21H,3-4,6-10,20H2,(H,22,24,25)/t13-,15-,16?/m1/s1. The molecule has 0 radical (unpaired) electrons. The summed E-state index contributed by atoms with van der Waals surface area (Å²) in [5.41, 5.74) is 8.33. The van der Waals surface area contributed by atoms with Crippen LogP contribution >= 0.6 is 0 Å². The molecule has 4 N–H and O–H groups in total. The van der Waals surface area contributed by atoms with Crippen LogP contribution in [0.5, 0.6) is 0 Å². The first-order chi connectivity index (χ1) is 13.1. The molecular weight excluding hydrogens is 348 g/mol. The summed E-state index contributed by atoms with van der Waals surface area (Å²) in [4.78, 5) is 37.9. The fraction of sp³-hybridized carbons (Fsp3) is 0.526. The van der Waals surface area contributed by atoms with Gasteiger partial charge in [-0.3, -0.25) is 19.7 Å². The van der Waals surface area contributed by atoms with E-state index >= 15 is 0 Å². The number of hydrogen-bond acceptors (Lipinski definition) is 6. The van der Waals surface area contributed by atoms with Crippen LogP contribution in [0.1, 0.15) is 34.3 Å². The monoisotopic (exact) mass is 372 g/mol. The molecule has 2 fully saturated rings. The third-order valence-electron chi connectivity index (χ3n) is 5.66. The molecule has 8 nitrogen and oxygen atoms in total. The Balaban J connectivity index is 1.43. The highest BCUT2D eigenvalue weighted by atomic mass is 16.5. The molecule has 3 aliphatic rings. The molecule has 0 bridgehead atoms. The van der Waals surface area contributed by atoms with Crippen molar-refractivity contribution in [3.8, 4) is 0 Å². The van der Waals surface area contributed by atoms with E-state index in [1.54, 1.807) is 4.90 Å². The molecule has 1 unspecified atom stereocenters. The normalized spacial score (nSPS) is 27.8. The van der Waals surface area contributed by atoms with Crippen molar-refractivity contribution in [2.75, 3.05) is 19.8 Å². The van der Waals surface area contributed by atoms with E-state index in [4.69, 9.17) is 10.5 Å². The summed E-state index contributed by atoms with van der Waals surface area (Å²) >= 11 is 0. The molecule has 3 aliphatic heterocycles.